The van der Waals surface area contributed by atoms with Gasteiger partial charge in [0, 0.05) is 18.0 Å². The second-order valence-corrected chi connectivity index (χ2v) is 5.85. The zero-order valence-corrected chi connectivity index (χ0v) is 9.60. The van der Waals surface area contributed by atoms with Gasteiger partial charge in [-0.15, -0.1) is 11.3 Å². The quantitative estimate of drug-likeness (QED) is 0.815. The molecule has 0 aliphatic heterocycles. The van der Waals surface area contributed by atoms with Gasteiger partial charge in [0.05, 0.1) is 10.6 Å². The predicted octanol–water partition coefficient (Wildman–Crippen LogP) is 2.63. The smallest absolute Gasteiger partial charge is 0.0953 e. The summed E-state index contributed by atoms with van der Waals surface area (Å²) in [4.78, 5) is 4.25. The standard InChI is InChI=1S/C11H17NOS/c1-10(2)4-3-5-11(10,13)8-9-12-6-7-14-9/h6-7,13H,3-5,8H2,1-2H3. The summed E-state index contributed by atoms with van der Waals surface area (Å²) in [6.45, 7) is 4.32. The van der Waals surface area contributed by atoms with Gasteiger partial charge in [0.1, 0.15) is 0 Å². The van der Waals surface area contributed by atoms with E-state index in [9.17, 15) is 5.11 Å². The molecule has 1 N–H and O–H groups in total. The van der Waals surface area contributed by atoms with Crippen molar-refractivity contribution in [1.29, 1.82) is 0 Å². The van der Waals surface area contributed by atoms with Crippen molar-refractivity contribution < 1.29 is 5.11 Å². The molecule has 0 amide bonds. The van der Waals surface area contributed by atoms with Crippen molar-refractivity contribution in [2.75, 3.05) is 0 Å². The fraction of sp³-hybridized carbons (Fsp3) is 0.727. The maximum Gasteiger partial charge on any atom is 0.0953 e. The van der Waals surface area contributed by atoms with Crippen molar-refractivity contribution in [3.05, 3.63) is 16.6 Å². The summed E-state index contributed by atoms with van der Waals surface area (Å²) in [7, 11) is 0. The molecule has 2 rings (SSSR count). The van der Waals surface area contributed by atoms with Crippen molar-refractivity contribution >= 4 is 11.3 Å². The minimum absolute atomic E-state index is 0.0403. The van der Waals surface area contributed by atoms with Crippen LogP contribution in [0.1, 0.15) is 38.1 Å². The number of nitrogens with zero attached hydrogens (tertiary/aromatic N) is 1. The van der Waals surface area contributed by atoms with Crippen LogP contribution in [-0.4, -0.2) is 15.7 Å². The van der Waals surface area contributed by atoms with E-state index in [1.807, 2.05) is 11.6 Å². The zero-order valence-electron chi connectivity index (χ0n) is 8.79. The Hall–Kier alpha value is -0.410. The van der Waals surface area contributed by atoms with E-state index >= 15 is 0 Å². The number of thiazole rings is 1. The molecule has 1 aliphatic rings. The van der Waals surface area contributed by atoms with Gasteiger partial charge >= 0.3 is 0 Å². The molecule has 1 saturated carbocycles. The molecule has 0 aromatic carbocycles. The predicted molar refractivity (Wildman–Crippen MR) is 58.4 cm³/mol. The highest BCUT2D eigenvalue weighted by molar-refractivity contribution is 7.09. The Morgan fingerprint density at radius 1 is 1.50 bits per heavy atom. The largest absolute Gasteiger partial charge is 0.389 e. The van der Waals surface area contributed by atoms with Crippen molar-refractivity contribution in [3.63, 3.8) is 0 Å². The number of hydrogen-bond acceptors (Lipinski definition) is 3. The summed E-state index contributed by atoms with van der Waals surface area (Å²) in [6.07, 6.45) is 5.70. The van der Waals surface area contributed by atoms with Crippen LogP contribution in [0.15, 0.2) is 11.6 Å². The molecule has 0 bridgehead atoms. The van der Waals surface area contributed by atoms with Crippen LogP contribution in [0.3, 0.4) is 0 Å². The Kier molecular flexibility index (Phi) is 2.40. The van der Waals surface area contributed by atoms with E-state index in [4.69, 9.17) is 0 Å². The first-order chi connectivity index (χ1) is 6.54. The average Bonchev–Trinajstić information content (AvgIpc) is 2.63. The van der Waals surface area contributed by atoms with E-state index in [-0.39, 0.29) is 5.41 Å². The van der Waals surface area contributed by atoms with Crippen LogP contribution >= 0.6 is 11.3 Å². The molecule has 1 aliphatic carbocycles. The molecule has 1 atom stereocenters. The number of aromatic nitrogens is 1. The fourth-order valence-corrected chi connectivity index (χ4v) is 3.03. The third-order valence-corrected chi connectivity index (χ3v) is 4.36. The molecule has 1 fully saturated rings. The average molecular weight is 211 g/mol. The molecule has 1 heterocycles. The first kappa shape index (κ1) is 10.1. The topological polar surface area (TPSA) is 33.1 Å². The van der Waals surface area contributed by atoms with Crippen LogP contribution in [0, 0.1) is 5.41 Å². The van der Waals surface area contributed by atoms with Gasteiger partial charge in [0.15, 0.2) is 0 Å². The van der Waals surface area contributed by atoms with Crippen molar-refractivity contribution in [1.82, 2.24) is 4.98 Å². The molecule has 0 saturated heterocycles. The Bertz CT molecular complexity index is 307. The first-order valence-corrected chi connectivity index (χ1v) is 6.02. The molecule has 1 aromatic heterocycles. The molecular formula is C11H17NOS. The van der Waals surface area contributed by atoms with E-state index < -0.39 is 5.60 Å². The Morgan fingerprint density at radius 3 is 2.79 bits per heavy atom. The van der Waals surface area contributed by atoms with Gasteiger partial charge < -0.3 is 5.11 Å². The van der Waals surface area contributed by atoms with E-state index in [0.717, 1.165) is 30.7 Å². The molecule has 0 spiro atoms. The van der Waals surface area contributed by atoms with Crippen LogP contribution in [-0.2, 0) is 6.42 Å². The molecule has 1 aromatic rings. The number of rotatable bonds is 2. The van der Waals surface area contributed by atoms with Gasteiger partial charge in [-0.3, -0.25) is 0 Å². The molecular weight excluding hydrogens is 194 g/mol. The van der Waals surface area contributed by atoms with E-state index in [1.165, 1.54) is 0 Å². The van der Waals surface area contributed by atoms with Gasteiger partial charge in [-0.25, -0.2) is 4.98 Å². The van der Waals surface area contributed by atoms with Gasteiger partial charge in [0.2, 0.25) is 0 Å². The lowest BCUT2D eigenvalue weighted by molar-refractivity contribution is -0.0419. The van der Waals surface area contributed by atoms with Crippen LogP contribution in [0.2, 0.25) is 0 Å². The maximum absolute atomic E-state index is 10.6. The Morgan fingerprint density at radius 2 is 2.29 bits per heavy atom. The van der Waals surface area contributed by atoms with E-state index in [2.05, 4.69) is 18.8 Å². The number of hydrogen-bond donors (Lipinski definition) is 1. The van der Waals surface area contributed by atoms with Crippen LogP contribution < -0.4 is 0 Å². The van der Waals surface area contributed by atoms with Gasteiger partial charge in [-0.2, -0.15) is 0 Å². The lowest BCUT2D eigenvalue weighted by Gasteiger charge is -2.36. The molecule has 3 heteroatoms. The summed E-state index contributed by atoms with van der Waals surface area (Å²) in [5, 5.41) is 13.6. The van der Waals surface area contributed by atoms with E-state index in [1.54, 1.807) is 11.3 Å². The summed E-state index contributed by atoms with van der Waals surface area (Å²) in [6, 6.07) is 0. The molecule has 14 heavy (non-hydrogen) atoms. The molecule has 78 valence electrons. The third kappa shape index (κ3) is 1.59. The lowest BCUT2D eigenvalue weighted by Crippen LogP contribution is -2.41. The van der Waals surface area contributed by atoms with Crippen molar-refractivity contribution in [2.45, 2.75) is 45.1 Å². The summed E-state index contributed by atoms with van der Waals surface area (Å²) in [5.41, 5.74) is -0.497. The highest BCUT2D eigenvalue weighted by atomic mass is 32.1. The van der Waals surface area contributed by atoms with Crippen LogP contribution in [0.5, 0.6) is 0 Å². The highest BCUT2D eigenvalue weighted by Gasteiger charge is 2.47. The minimum atomic E-state index is -0.537. The van der Waals surface area contributed by atoms with Gasteiger partial charge in [0.25, 0.3) is 0 Å². The van der Waals surface area contributed by atoms with Crippen LogP contribution in [0.25, 0.3) is 0 Å². The summed E-state index contributed by atoms with van der Waals surface area (Å²) >= 11 is 1.64. The van der Waals surface area contributed by atoms with Gasteiger partial charge in [-0.1, -0.05) is 13.8 Å². The van der Waals surface area contributed by atoms with Crippen LogP contribution in [0.4, 0.5) is 0 Å². The highest BCUT2D eigenvalue weighted by Crippen LogP contribution is 2.47. The first-order valence-electron chi connectivity index (χ1n) is 5.14. The zero-order chi connectivity index (χ0) is 10.2. The van der Waals surface area contributed by atoms with Crippen molar-refractivity contribution in [3.8, 4) is 0 Å². The fourth-order valence-electron chi connectivity index (χ4n) is 2.31. The molecule has 1 unspecified atom stereocenters. The molecule has 2 nitrogen and oxygen atoms in total. The number of aliphatic hydroxyl groups is 1. The second kappa shape index (κ2) is 3.31. The maximum atomic E-state index is 10.6. The summed E-state index contributed by atoms with van der Waals surface area (Å²) in [5.74, 6) is 0. The monoisotopic (exact) mass is 211 g/mol. The summed E-state index contributed by atoms with van der Waals surface area (Å²) < 4.78 is 0. The second-order valence-electron chi connectivity index (χ2n) is 4.87. The molecule has 0 radical (unpaired) electrons. The minimum Gasteiger partial charge on any atom is -0.389 e. The third-order valence-electron chi connectivity index (χ3n) is 3.58. The van der Waals surface area contributed by atoms with Crippen molar-refractivity contribution in [2.24, 2.45) is 5.41 Å². The SMILES string of the molecule is CC1(C)CCCC1(O)Cc1nccs1. The Balaban J connectivity index is 2.17. The lowest BCUT2D eigenvalue weighted by atomic mass is 9.76. The normalized spacial score (nSPS) is 30.8. The van der Waals surface area contributed by atoms with Gasteiger partial charge in [-0.05, 0) is 24.7 Å². The van der Waals surface area contributed by atoms with E-state index in [0.29, 0.717) is 0 Å². The Labute approximate surface area is 89.0 Å².